The zero-order valence-corrected chi connectivity index (χ0v) is 11.3. The number of carbonyl (C=O) groups is 1. The quantitative estimate of drug-likeness (QED) is 0.799. The predicted molar refractivity (Wildman–Crippen MR) is 65.9 cm³/mol. The molecule has 16 heavy (non-hydrogen) atoms. The van der Waals surface area contributed by atoms with Crippen LogP contribution in [0, 0.1) is 0 Å². The van der Waals surface area contributed by atoms with Gasteiger partial charge in [0, 0.05) is 4.47 Å². The van der Waals surface area contributed by atoms with E-state index in [4.69, 9.17) is 16.3 Å². The molecule has 0 bridgehead atoms. The highest BCUT2D eigenvalue weighted by Gasteiger charge is 2.12. The zero-order chi connectivity index (χ0) is 12.1. The van der Waals surface area contributed by atoms with E-state index in [1.54, 1.807) is 19.1 Å². The zero-order valence-electron chi connectivity index (χ0n) is 9.00. The van der Waals surface area contributed by atoms with E-state index in [1.165, 1.54) is 7.11 Å². The number of carbonyl (C=O) groups excluding carboxylic acids is 1. The molecule has 0 aliphatic heterocycles. The molecule has 88 valence electrons. The highest BCUT2D eigenvalue weighted by atomic mass is 79.9. The van der Waals surface area contributed by atoms with Gasteiger partial charge in [-0.15, -0.1) is 0 Å². The van der Waals surface area contributed by atoms with E-state index < -0.39 is 0 Å². The van der Waals surface area contributed by atoms with Crippen LogP contribution in [-0.4, -0.2) is 19.2 Å². The fourth-order valence-corrected chi connectivity index (χ4v) is 1.87. The summed E-state index contributed by atoms with van der Waals surface area (Å²) < 4.78 is 10.9. The molecule has 1 aromatic rings. The van der Waals surface area contributed by atoms with Crippen molar-refractivity contribution in [2.75, 3.05) is 7.11 Å². The van der Waals surface area contributed by atoms with Gasteiger partial charge in [0.15, 0.2) is 0 Å². The normalized spacial score (nSPS) is 12.0. The second kappa shape index (κ2) is 6.11. The van der Waals surface area contributed by atoms with E-state index in [-0.39, 0.29) is 18.5 Å². The highest BCUT2D eigenvalue weighted by Crippen LogP contribution is 2.28. The number of halogens is 2. The molecule has 0 spiro atoms. The SMILES string of the molecule is COC(=O)CC(C)Oc1ccc(Br)cc1Cl. The first-order valence-electron chi connectivity index (χ1n) is 4.71. The second-order valence-corrected chi connectivity index (χ2v) is 4.61. The number of methoxy groups -OCH3 is 1. The van der Waals surface area contributed by atoms with Crippen LogP contribution in [0.5, 0.6) is 5.75 Å². The van der Waals surface area contributed by atoms with E-state index in [9.17, 15) is 4.79 Å². The lowest BCUT2D eigenvalue weighted by molar-refractivity contribution is -0.142. The Balaban J connectivity index is 2.62. The minimum atomic E-state index is -0.305. The van der Waals surface area contributed by atoms with Gasteiger partial charge in [0.05, 0.1) is 18.6 Å². The summed E-state index contributed by atoms with van der Waals surface area (Å²) in [5.74, 6) is 0.252. The number of esters is 1. The Morgan fingerprint density at radius 3 is 2.81 bits per heavy atom. The minimum Gasteiger partial charge on any atom is -0.489 e. The van der Waals surface area contributed by atoms with Crippen molar-refractivity contribution < 1.29 is 14.3 Å². The molecule has 0 amide bonds. The molecule has 3 nitrogen and oxygen atoms in total. The molecule has 0 aliphatic rings. The molecular weight excluding hydrogens is 295 g/mol. The fraction of sp³-hybridized carbons (Fsp3) is 0.364. The van der Waals surface area contributed by atoms with Crippen molar-refractivity contribution in [2.24, 2.45) is 0 Å². The smallest absolute Gasteiger partial charge is 0.309 e. The monoisotopic (exact) mass is 306 g/mol. The van der Waals surface area contributed by atoms with Crippen molar-refractivity contribution in [3.05, 3.63) is 27.7 Å². The van der Waals surface area contributed by atoms with Crippen LogP contribution >= 0.6 is 27.5 Å². The average molecular weight is 308 g/mol. The van der Waals surface area contributed by atoms with E-state index in [0.717, 1.165) is 4.47 Å². The maximum atomic E-state index is 11.0. The lowest BCUT2D eigenvalue weighted by atomic mass is 10.3. The Labute approximate surface area is 108 Å². The van der Waals surface area contributed by atoms with Crippen LogP contribution in [0.3, 0.4) is 0 Å². The highest BCUT2D eigenvalue weighted by molar-refractivity contribution is 9.10. The van der Waals surface area contributed by atoms with E-state index in [1.807, 2.05) is 6.07 Å². The molecule has 0 N–H and O–H groups in total. The Morgan fingerprint density at radius 2 is 2.25 bits per heavy atom. The van der Waals surface area contributed by atoms with Gasteiger partial charge in [-0.2, -0.15) is 0 Å². The lowest BCUT2D eigenvalue weighted by Gasteiger charge is -2.14. The predicted octanol–water partition coefficient (Wildman–Crippen LogP) is 3.43. The minimum absolute atomic E-state index is 0.197. The summed E-state index contributed by atoms with van der Waals surface area (Å²) in [6.45, 7) is 1.79. The molecule has 1 rings (SSSR count). The van der Waals surface area contributed by atoms with Gasteiger partial charge in [-0.25, -0.2) is 0 Å². The largest absolute Gasteiger partial charge is 0.489 e. The van der Waals surface area contributed by atoms with Gasteiger partial charge in [0.2, 0.25) is 0 Å². The van der Waals surface area contributed by atoms with Gasteiger partial charge >= 0.3 is 5.97 Å². The van der Waals surface area contributed by atoms with Crippen LogP contribution in [0.1, 0.15) is 13.3 Å². The van der Waals surface area contributed by atoms with Crippen LogP contribution in [0.15, 0.2) is 22.7 Å². The fourth-order valence-electron chi connectivity index (χ4n) is 1.15. The maximum Gasteiger partial charge on any atom is 0.309 e. The summed E-state index contributed by atoms with van der Waals surface area (Å²) in [4.78, 5) is 11.0. The molecule has 5 heteroatoms. The molecule has 1 atom stereocenters. The lowest BCUT2D eigenvalue weighted by Crippen LogP contribution is -2.18. The number of rotatable bonds is 4. The summed E-state index contributed by atoms with van der Waals surface area (Å²) >= 11 is 9.27. The van der Waals surface area contributed by atoms with Gasteiger partial charge in [0.1, 0.15) is 11.9 Å². The van der Waals surface area contributed by atoms with Gasteiger partial charge in [0.25, 0.3) is 0 Å². The number of benzene rings is 1. The number of ether oxygens (including phenoxy) is 2. The van der Waals surface area contributed by atoms with E-state index >= 15 is 0 Å². The first-order valence-corrected chi connectivity index (χ1v) is 5.88. The Bertz CT molecular complexity index is 381. The van der Waals surface area contributed by atoms with Crippen LogP contribution in [0.4, 0.5) is 0 Å². The summed E-state index contributed by atoms with van der Waals surface area (Å²) in [7, 11) is 1.35. The van der Waals surface area contributed by atoms with Gasteiger partial charge in [-0.05, 0) is 25.1 Å². The topological polar surface area (TPSA) is 35.5 Å². The molecule has 0 aliphatic carbocycles. The van der Waals surface area contributed by atoms with Crippen molar-refractivity contribution >= 4 is 33.5 Å². The average Bonchev–Trinajstić information content (AvgIpc) is 2.22. The third kappa shape index (κ3) is 4.02. The van der Waals surface area contributed by atoms with Crippen molar-refractivity contribution in [3.8, 4) is 5.75 Å². The van der Waals surface area contributed by atoms with E-state index in [0.29, 0.717) is 10.8 Å². The number of hydrogen-bond donors (Lipinski definition) is 0. The third-order valence-corrected chi connectivity index (χ3v) is 2.69. The van der Waals surface area contributed by atoms with Crippen molar-refractivity contribution in [3.63, 3.8) is 0 Å². The Morgan fingerprint density at radius 1 is 1.56 bits per heavy atom. The van der Waals surface area contributed by atoms with Crippen LogP contribution in [0.2, 0.25) is 5.02 Å². The molecule has 0 radical (unpaired) electrons. The van der Waals surface area contributed by atoms with Crippen molar-refractivity contribution in [2.45, 2.75) is 19.4 Å². The first-order chi connectivity index (χ1) is 7.52. The molecule has 0 heterocycles. The van der Waals surface area contributed by atoms with Crippen molar-refractivity contribution in [1.82, 2.24) is 0 Å². The van der Waals surface area contributed by atoms with Crippen molar-refractivity contribution in [1.29, 1.82) is 0 Å². The van der Waals surface area contributed by atoms with Crippen LogP contribution in [0.25, 0.3) is 0 Å². The Hall–Kier alpha value is -0.740. The molecule has 0 saturated carbocycles. The molecular formula is C11H12BrClO3. The third-order valence-electron chi connectivity index (χ3n) is 1.90. The first kappa shape index (κ1) is 13.3. The van der Waals surface area contributed by atoms with Gasteiger partial charge in [-0.1, -0.05) is 27.5 Å². The molecule has 0 saturated heterocycles. The summed E-state index contributed by atoms with van der Waals surface area (Å²) in [6.07, 6.45) is -0.0748. The van der Waals surface area contributed by atoms with E-state index in [2.05, 4.69) is 20.7 Å². The molecule has 1 aromatic carbocycles. The maximum absolute atomic E-state index is 11.0. The molecule has 0 fully saturated rings. The molecule has 1 unspecified atom stereocenters. The van der Waals surface area contributed by atoms with Crippen LogP contribution in [-0.2, 0) is 9.53 Å². The molecule has 0 aromatic heterocycles. The van der Waals surface area contributed by atoms with Gasteiger partial charge < -0.3 is 9.47 Å². The number of hydrogen-bond acceptors (Lipinski definition) is 3. The summed E-state index contributed by atoms with van der Waals surface area (Å²) in [5, 5.41) is 0.506. The summed E-state index contributed by atoms with van der Waals surface area (Å²) in [5.41, 5.74) is 0. The second-order valence-electron chi connectivity index (χ2n) is 3.28. The summed E-state index contributed by atoms with van der Waals surface area (Å²) in [6, 6.07) is 5.31. The Kier molecular flexibility index (Phi) is 5.09. The van der Waals surface area contributed by atoms with Crippen LogP contribution < -0.4 is 4.74 Å². The standard InChI is InChI=1S/C11H12BrClO3/c1-7(5-11(14)15-2)16-10-4-3-8(12)6-9(10)13/h3-4,6-7H,5H2,1-2H3. The van der Waals surface area contributed by atoms with Gasteiger partial charge in [-0.3, -0.25) is 4.79 Å².